The van der Waals surface area contributed by atoms with Gasteiger partial charge in [-0.3, -0.25) is 9.36 Å². The molecule has 0 aliphatic carbocycles. The molecule has 1 amide bonds. The number of rotatable bonds is 7. The summed E-state index contributed by atoms with van der Waals surface area (Å²) >= 11 is 7.40. The number of carbonyl (C=O) groups excluding carboxylic acids is 1. The molecule has 7 heteroatoms. The van der Waals surface area contributed by atoms with Crippen LogP contribution >= 0.6 is 23.4 Å². The predicted octanol–water partition coefficient (Wildman–Crippen LogP) is 4.90. The molecule has 1 N–H and O–H groups in total. The summed E-state index contributed by atoms with van der Waals surface area (Å²) in [5, 5.41) is 13.1. The van der Waals surface area contributed by atoms with Gasteiger partial charge in [0.15, 0.2) is 11.0 Å². The summed E-state index contributed by atoms with van der Waals surface area (Å²) in [6, 6.07) is 15.8. The Hall–Kier alpha value is -2.31. The number of hydrogen-bond donors (Lipinski definition) is 1. The van der Waals surface area contributed by atoms with Crippen LogP contribution in [0.3, 0.4) is 0 Å². The summed E-state index contributed by atoms with van der Waals surface area (Å²) in [6.07, 6.45) is 0.899. The molecule has 1 unspecified atom stereocenters. The fourth-order valence-corrected chi connectivity index (χ4v) is 3.51. The maximum Gasteiger partial charge on any atom is 0.230 e. The van der Waals surface area contributed by atoms with E-state index in [1.807, 2.05) is 73.9 Å². The third kappa shape index (κ3) is 4.94. The van der Waals surface area contributed by atoms with Gasteiger partial charge < -0.3 is 5.32 Å². The van der Waals surface area contributed by atoms with Gasteiger partial charge in [0.25, 0.3) is 0 Å². The maximum atomic E-state index is 12.2. The smallest absolute Gasteiger partial charge is 0.230 e. The Balaban J connectivity index is 1.92. The van der Waals surface area contributed by atoms with Crippen LogP contribution in [0.2, 0.25) is 5.02 Å². The Morgan fingerprint density at radius 3 is 2.46 bits per heavy atom. The van der Waals surface area contributed by atoms with Crippen LogP contribution in [0, 0.1) is 6.92 Å². The van der Waals surface area contributed by atoms with Crippen LogP contribution in [0.15, 0.2) is 53.7 Å². The number of nitrogens with zero attached hydrogens (tertiary/aromatic N) is 3. The Morgan fingerprint density at radius 2 is 1.82 bits per heavy atom. The molecule has 1 heterocycles. The van der Waals surface area contributed by atoms with E-state index in [0.717, 1.165) is 17.7 Å². The summed E-state index contributed by atoms with van der Waals surface area (Å²) in [6.45, 7) is 6.09. The van der Waals surface area contributed by atoms with E-state index in [1.165, 1.54) is 17.3 Å². The zero-order chi connectivity index (χ0) is 20.1. The second-order valence-corrected chi connectivity index (χ2v) is 8.03. The van der Waals surface area contributed by atoms with Gasteiger partial charge in [-0.25, -0.2) is 0 Å². The quantitative estimate of drug-likeness (QED) is 0.558. The summed E-state index contributed by atoms with van der Waals surface area (Å²) < 4.78 is 1.98. The van der Waals surface area contributed by atoms with Crippen molar-refractivity contribution in [2.75, 3.05) is 5.75 Å². The number of nitrogens with one attached hydrogen (secondary N) is 1. The number of carbonyl (C=O) groups is 1. The molecule has 3 rings (SSSR count). The van der Waals surface area contributed by atoms with Gasteiger partial charge in [-0.1, -0.05) is 48.0 Å². The van der Waals surface area contributed by atoms with Gasteiger partial charge in [-0.2, -0.15) is 0 Å². The number of hydrogen-bond acceptors (Lipinski definition) is 4. The Labute approximate surface area is 174 Å². The maximum absolute atomic E-state index is 12.2. The number of amides is 1. The van der Waals surface area contributed by atoms with Crippen molar-refractivity contribution in [3.8, 4) is 17.1 Å². The first-order valence-corrected chi connectivity index (χ1v) is 10.5. The Morgan fingerprint density at radius 1 is 1.14 bits per heavy atom. The number of benzene rings is 2. The second kappa shape index (κ2) is 9.26. The first-order chi connectivity index (χ1) is 13.5. The van der Waals surface area contributed by atoms with Crippen LogP contribution in [0.4, 0.5) is 0 Å². The van der Waals surface area contributed by atoms with Crippen LogP contribution in [0.5, 0.6) is 0 Å². The molecular formula is C21H23ClN4OS. The monoisotopic (exact) mass is 414 g/mol. The molecule has 0 radical (unpaired) electrons. The lowest BCUT2D eigenvalue weighted by atomic mass is 10.2. The fourth-order valence-electron chi connectivity index (χ4n) is 2.62. The molecule has 5 nitrogen and oxygen atoms in total. The van der Waals surface area contributed by atoms with Crippen molar-refractivity contribution in [1.29, 1.82) is 0 Å². The molecule has 3 aromatic rings. The lowest BCUT2D eigenvalue weighted by Gasteiger charge is -2.12. The summed E-state index contributed by atoms with van der Waals surface area (Å²) in [7, 11) is 0. The third-order valence-electron chi connectivity index (χ3n) is 4.38. The van der Waals surface area contributed by atoms with Crippen molar-refractivity contribution < 1.29 is 4.79 Å². The highest BCUT2D eigenvalue weighted by atomic mass is 35.5. The second-order valence-electron chi connectivity index (χ2n) is 6.65. The predicted molar refractivity (Wildman–Crippen MR) is 115 cm³/mol. The van der Waals surface area contributed by atoms with Crippen molar-refractivity contribution in [3.05, 3.63) is 59.1 Å². The van der Waals surface area contributed by atoms with Gasteiger partial charge in [0.2, 0.25) is 5.91 Å². The number of halogens is 1. The first kappa shape index (κ1) is 20.4. The van der Waals surface area contributed by atoms with Crippen molar-refractivity contribution >= 4 is 29.3 Å². The zero-order valence-corrected chi connectivity index (χ0v) is 17.7. The molecule has 1 aromatic heterocycles. The SMILES string of the molecule is CCC(C)NC(=O)CSc1nnc(-c2ccc(Cl)cc2)n1-c1ccc(C)cc1. The van der Waals surface area contributed by atoms with E-state index in [4.69, 9.17) is 11.6 Å². The number of aryl methyl sites for hydroxylation is 1. The van der Waals surface area contributed by atoms with Crippen LogP contribution in [0.25, 0.3) is 17.1 Å². The van der Waals surface area contributed by atoms with Crippen LogP contribution < -0.4 is 5.32 Å². The fraction of sp³-hybridized carbons (Fsp3) is 0.286. The molecule has 0 saturated heterocycles. The number of thioether (sulfide) groups is 1. The van der Waals surface area contributed by atoms with E-state index >= 15 is 0 Å². The minimum atomic E-state index is -0.00847. The zero-order valence-electron chi connectivity index (χ0n) is 16.1. The van der Waals surface area contributed by atoms with E-state index in [2.05, 4.69) is 15.5 Å². The first-order valence-electron chi connectivity index (χ1n) is 9.18. The highest BCUT2D eigenvalue weighted by molar-refractivity contribution is 7.99. The summed E-state index contributed by atoms with van der Waals surface area (Å²) in [5.74, 6) is 0.991. The van der Waals surface area contributed by atoms with Gasteiger partial charge in [0.05, 0.1) is 5.75 Å². The molecule has 28 heavy (non-hydrogen) atoms. The molecule has 146 valence electrons. The van der Waals surface area contributed by atoms with E-state index in [1.54, 1.807) is 0 Å². The molecule has 0 aliphatic rings. The number of aromatic nitrogens is 3. The van der Waals surface area contributed by atoms with E-state index in [0.29, 0.717) is 16.0 Å². The van der Waals surface area contributed by atoms with Gasteiger partial charge in [-0.05, 0) is 56.7 Å². The van der Waals surface area contributed by atoms with Crippen molar-refractivity contribution in [2.24, 2.45) is 0 Å². The standard InChI is InChI=1S/C21H23ClN4OS/c1-4-15(3)23-19(27)13-28-21-25-24-20(16-7-9-17(22)10-8-16)26(21)18-11-5-14(2)6-12-18/h5-12,15H,4,13H2,1-3H3,(H,23,27). The molecule has 1 atom stereocenters. The van der Waals surface area contributed by atoms with E-state index < -0.39 is 0 Å². The average Bonchev–Trinajstić information content (AvgIpc) is 3.11. The highest BCUT2D eigenvalue weighted by Crippen LogP contribution is 2.28. The summed E-state index contributed by atoms with van der Waals surface area (Å²) in [5.41, 5.74) is 3.03. The molecule has 0 saturated carbocycles. The largest absolute Gasteiger partial charge is 0.353 e. The third-order valence-corrected chi connectivity index (χ3v) is 5.56. The topological polar surface area (TPSA) is 59.8 Å². The van der Waals surface area contributed by atoms with Crippen molar-refractivity contribution in [1.82, 2.24) is 20.1 Å². The van der Waals surface area contributed by atoms with E-state index in [-0.39, 0.29) is 17.7 Å². The molecule has 0 bridgehead atoms. The van der Waals surface area contributed by atoms with Crippen molar-refractivity contribution in [3.63, 3.8) is 0 Å². The minimum absolute atomic E-state index is 0.00847. The van der Waals surface area contributed by atoms with Gasteiger partial charge in [-0.15, -0.1) is 10.2 Å². The van der Waals surface area contributed by atoms with Crippen LogP contribution in [-0.4, -0.2) is 32.5 Å². The molecular weight excluding hydrogens is 392 g/mol. The van der Waals surface area contributed by atoms with Gasteiger partial charge in [0.1, 0.15) is 0 Å². The molecule has 0 fully saturated rings. The van der Waals surface area contributed by atoms with Crippen LogP contribution in [-0.2, 0) is 4.79 Å². The van der Waals surface area contributed by atoms with E-state index in [9.17, 15) is 4.79 Å². The average molecular weight is 415 g/mol. The van der Waals surface area contributed by atoms with Crippen molar-refractivity contribution in [2.45, 2.75) is 38.4 Å². The molecule has 0 aliphatic heterocycles. The Kier molecular flexibility index (Phi) is 6.75. The van der Waals surface area contributed by atoms with Gasteiger partial charge >= 0.3 is 0 Å². The lowest BCUT2D eigenvalue weighted by Crippen LogP contribution is -2.33. The van der Waals surface area contributed by atoms with Crippen LogP contribution in [0.1, 0.15) is 25.8 Å². The highest BCUT2D eigenvalue weighted by Gasteiger charge is 2.17. The Bertz CT molecular complexity index is 938. The molecule has 0 spiro atoms. The van der Waals surface area contributed by atoms with Gasteiger partial charge in [0, 0.05) is 22.3 Å². The minimum Gasteiger partial charge on any atom is -0.353 e. The normalized spacial score (nSPS) is 12.0. The summed E-state index contributed by atoms with van der Waals surface area (Å²) in [4.78, 5) is 12.2. The molecule has 2 aromatic carbocycles. The lowest BCUT2D eigenvalue weighted by molar-refractivity contribution is -0.119.